The highest BCUT2D eigenvalue weighted by Crippen LogP contribution is 2.22. The molecule has 0 bridgehead atoms. The van der Waals surface area contributed by atoms with Gasteiger partial charge in [0.25, 0.3) is 0 Å². The van der Waals surface area contributed by atoms with Crippen LogP contribution in [0.3, 0.4) is 0 Å². The van der Waals surface area contributed by atoms with E-state index in [-0.39, 0.29) is 11.7 Å². The van der Waals surface area contributed by atoms with Crippen molar-refractivity contribution >= 4 is 5.97 Å². The zero-order chi connectivity index (χ0) is 10.7. The Labute approximate surface area is 87.3 Å². The maximum absolute atomic E-state index is 13.1. The number of aromatic nitrogens is 1. The molecule has 0 aromatic carbocycles. The van der Waals surface area contributed by atoms with Crippen molar-refractivity contribution in [3.63, 3.8) is 0 Å². The highest BCUT2D eigenvalue weighted by molar-refractivity contribution is 5.89. The summed E-state index contributed by atoms with van der Waals surface area (Å²) in [6.45, 7) is 0. The fourth-order valence-corrected chi connectivity index (χ4v) is 1.76. The molecule has 1 aliphatic carbocycles. The van der Waals surface area contributed by atoms with Gasteiger partial charge in [0.15, 0.2) is 0 Å². The molecular weight excluding hydrogens is 197 g/mol. The Morgan fingerprint density at radius 2 is 2.20 bits per heavy atom. The van der Waals surface area contributed by atoms with E-state index in [1.54, 1.807) is 0 Å². The zero-order valence-electron chi connectivity index (χ0n) is 8.28. The molecule has 0 atom stereocenters. The molecule has 0 radical (unpaired) electrons. The van der Waals surface area contributed by atoms with Crippen LogP contribution < -0.4 is 0 Å². The van der Waals surface area contributed by atoms with E-state index in [2.05, 4.69) is 4.98 Å². The highest BCUT2D eigenvalue weighted by atomic mass is 19.1. The Balaban J connectivity index is 2.04. The van der Waals surface area contributed by atoms with Crippen molar-refractivity contribution in [1.29, 1.82) is 0 Å². The average Bonchev–Trinajstić information content (AvgIpc) is 2.71. The van der Waals surface area contributed by atoms with Gasteiger partial charge in [0, 0.05) is 6.20 Å². The van der Waals surface area contributed by atoms with Gasteiger partial charge in [-0.1, -0.05) is 0 Å². The third-order valence-corrected chi connectivity index (χ3v) is 2.55. The van der Waals surface area contributed by atoms with Crippen molar-refractivity contribution in [2.75, 3.05) is 0 Å². The van der Waals surface area contributed by atoms with Crippen molar-refractivity contribution in [2.45, 2.75) is 31.8 Å². The van der Waals surface area contributed by atoms with Gasteiger partial charge >= 0.3 is 5.97 Å². The molecule has 0 unspecified atom stereocenters. The van der Waals surface area contributed by atoms with E-state index < -0.39 is 11.9 Å². The number of nitrogens with zero attached hydrogens (tertiary/aromatic N) is 1. The molecule has 0 amide bonds. The van der Waals surface area contributed by atoms with Gasteiger partial charge < -0.3 is 4.74 Å². The average molecular weight is 209 g/mol. The first-order valence-corrected chi connectivity index (χ1v) is 5.09. The summed E-state index contributed by atoms with van der Waals surface area (Å²) in [5.74, 6) is -1.37. The molecule has 1 aliphatic rings. The smallest absolute Gasteiger partial charge is 0.343 e. The van der Waals surface area contributed by atoms with Gasteiger partial charge in [-0.05, 0) is 37.8 Å². The van der Waals surface area contributed by atoms with Crippen molar-refractivity contribution in [3.05, 3.63) is 29.8 Å². The minimum atomic E-state index is -0.763. The third kappa shape index (κ3) is 2.32. The maximum Gasteiger partial charge on any atom is 0.343 e. The third-order valence-electron chi connectivity index (χ3n) is 2.55. The molecule has 1 heterocycles. The number of carbonyl (C=O) groups excluding carboxylic acids is 1. The fraction of sp³-hybridized carbons (Fsp3) is 0.455. The Bertz CT molecular complexity index is 361. The summed E-state index contributed by atoms with van der Waals surface area (Å²) in [5.41, 5.74) is -0.0793. The Hall–Kier alpha value is -1.45. The number of esters is 1. The number of hydrogen-bond donors (Lipinski definition) is 0. The maximum atomic E-state index is 13.1. The number of pyridine rings is 1. The lowest BCUT2D eigenvalue weighted by Gasteiger charge is -2.10. The van der Waals surface area contributed by atoms with Crippen molar-refractivity contribution in [3.8, 4) is 0 Å². The second kappa shape index (κ2) is 4.38. The Morgan fingerprint density at radius 3 is 2.87 bits per heavy atom. The predicted molar refractivity (Wildman–Crippen MR) is 51.9 cm³/mol. The first-order chi connectivity index (χ1) is 7.27. The summed E-state index contributed by atoms with van der Waals surface area (Å²) in [5, 5.41) is 0. The molecule has 1 saturated carbocycles. The van der Waals surface area contributed by atoms with Crippen LogP contribution in [0.15, 0.2) is 18.3 Å². The Kier molecular flexibility index (Phi) is 2.94. The molecule has 1 aromatic rings. The molecule has 0 spiro atoms. The molecule has 3 nitrogen and oxygen atoms in total. The summed E-state index contributed by atoms with van der Waals surface area (Å²) >= 11 is 0. The highest BCUT2D eigenvalue weighted by Gasteiger charge is 2.21. The van der Waals surface area contributed by atoms with Crippen molar-refractivity contribution in [1.82, 2.24) is 4.98 Å². The molecule has 4 heteroatoms. The van der Waals surface area contributed by atoms with E-state index in [1.807, 2.05) is 0 Å². The summed E-state index contributed by atoms with van der Waals surface area (Å²) < 4.78 is 18.3. The van der Waals surface area contributed by atoms with Gasteiger partial charge in [-0.3, -0.25) is 0 Å². The summed E-state index contributed by atoms with van der Waals surface area (Å²) in [6, 6.07) is 2.91. The van der Waals surface area contributed by atoms with Crippen molar-refractivity contribution < 1.29 is 13.9 Å². The van der Waals surface area contributed by atoms with Crippen molar-refractivity contribution in [2.24, 2.45) is 0 Å². The van der Waals surface area contributed by atoms with Gasteiger partial charge in [-0.2, -0.15) is 4.39 Å². The van der Waals surface area contributed by atoms with E-state index in [0.29, 0.717) is 0 Å². The number of rotatable bonds is 2. The van der Waals surface area contributed by atoms with Gasteiger partial charge in [0.05, 0.1) is 0 Å². The lowest BCUT2D eigenvalue weighted by Crippen LogP contribution is -2.16. The molecule has 0 aliphatic heterocycles. The fourth-order valence-electron chi connectivity index (χ4n) is 1.76. The second-order valence-electron chi connectivity index (χ2n) is 3.65. The number of halogens is 1. The molecular formula is C11H12FNO2. The lowest BCUT2D eigenvalue weighted by molar-refractivity contribution is 0.0311. The first kappa shape index (κ1) is 10.1. The molecule has 1 fully saturated rings. The van der Waals surface area contributed by atoms with E-state index in [1.165, 1.54) is 18.3 Å². The number of hydrogen-bond acceptors (Lipinski definition) is 3. The monoisotopic (exact) mass is 209 g/mol. The molecule has 1 aromatic heterocycles. The van der Waals surface area contributed by atoms with Crippen LogP contribution in [0.4, 0.5) is 4.39 Å². The van der Waals surface area contributed by atoms with E-state index >= 15 is 0 Å². The summed E-state index contributed by atoms with van der Waals surface area (Å²) in [7, 11) is 0. The topological polar surface area (TPSA) is 39.2 Å². The van der Waals surface area contributed by atoms with Crippen LogP contribution in [0, 0.1) is 5.95 Å². The van der Waals surface area contributed by atoms with Crippen LogP contribution in [0.5, 0.6) is 0 Å². The number of carbonyl (C=O) groups is 1. The number of ether oxygens (including phenoxy) is 1. The molecule has 15 heavy (non-hydrogen) atoms. The van der Waals surface area contributed by atoms with Crippen LogP contribution in [-0.2, 0) is 4.74 Å². The van der Waals surface area contributed by atoms with Crippen LogP contribution >= 0.6 is 0 Å². The minimum absolute atomic E-state index is 0.0443. The molecule has 80 valence electrons. The van der Waals surface area contributed by atoms with Gasteiger partial charge in [0.1, 0.15) is 11.7 Å². The quantitative estimate of drug-likeness (QED) is 0.554. The molecule has 0 N–H and O–H groups in total. The summed E-state index contributed by atoms with van der Waals surface area (Å²) in [4.78, 5) is 14.9. The van der Waals surface area contributed by atoms with Gasteiger partial charge in [-0.15, -0.1) is 0 Å². The first-order valence-electron chi connectivity index (χ1n) is 5.09. The van der Waals surface area contributed by atoms with E-state index in [0.717, 1.165) is 25.7 Å². The van der Waals surface area contributed by atoms with E-state index in [4.69, 9.17) is 4.74 Å². The summed E-state index contributed by atoms with van der Waals surface area (Å²) in [6.07, 6.45) is 5.18. The van der Waals surface area contributed by atoms with Gasteiger partial charge in [0.2, 0.25) is 5.95 Å². The largest absolute Gasteiger partial charge is 0.459 e. The second-order valence-corrected chi connectivity index (χ2v) is 3.65. The lowest BCUT2D eigenvalue weighted by atomic mass is 10.2. The van der Waals surface area contributed by atoms with Crippen LogP contribution in [0.25, 0.3) is 0 Å². The molecule has 2 rings (SSSR count). The Morgan fingerprint density at radius 1 is 1.47 bits per heavy atom. The van der Waals surface area contributed by atoms with Crippen LogP contribution in [-0.4, -0.2) is 17.1 Å². The molecule has 0 saturated heterocycles. The van der Waals surface area contributed by atoms with Gasteiger partial charge in [-0.25, -0.2) is 9.78 Å². The zero-order valence-corrected chi connectivity index (χ0v) is 8.28. The standard InChI is InChI=1S/C11H12FNO2/c12-10-9(6-3-7-13-10)11(14)15-8-4-1-2-5-8/h3,6-8H,1-2,4-5H2. The van der Waals surface area contributed by atoms with Crippen LogP contribution in [0.1, 0.15) is 36.0 Å². The minimum Gasteiger partial charge on any atom is -0.459 e. The normalized spacial score (nSPS) is 16.6. The van der Waals surface area contributed by atoms with E-state index in [9.17, 15) is 9.18 Å². The SMILES string of the molecule is O=C(OC1CCCC1)c1cccnc1F. The predicted octanol–water partition coefficient (Wildman–Crippen LogP) is 2.32. The van der Waals surface area contributed by atoms with Crippen LogP contribution in [0.2, 0.25) is 0 Å².